The largest absolute Gasteiger partial charge is 0.387 e. The second kappa shape index (κ2) is 3.07. The van der Waals surface area contributed by atoms with E-state index in [1.807, 2.05) is 11.8 Å². The van der Waals surface area contributed by atoms with Crippen LogP contribution >= 0.6 is 11.8 Å². The highest BCUT2D eigenvalue weighted by Crippen LogP contribution is 2.27. The van der Waals surface area contributed by atoms with Gasteiger partial charge in [0.2, 0.25) is 0 Å². The van der Waals surface area contributed by atoms with Gasteiger partial charge in [-0.25, -0.2) is 0 Å². The molecule has 0 aromatic heterocycles. The molecule has 2 aliphatic rings. The van der Waals surface area contributed by atoms with Crippen LogP contribution in [0.4, 0.5) is 0 Å². The lowest BCUT2D eigenvalue weighted by atomic mass is 10.2. The fraction of sp³-hybridized carbons (Fsp3) is 0.750. The van der Waals surface area contributed by atoms with Crippen LogP contribution < -0.4 is 5.32 Å². The number of hydrogen-bond donors (Lipinski definition) is 1. The molecule has 11 heavy (non-hydrogen) atoms. The van der Waals surface area contributed by atoms with Gasteiger partial charge in [0.25, 0.3) is 0 Å². The van der Waals surface area contributed by atoms with Crippen LogP contribution in [-0.4, -0.2) is 37.3 Å². The highest BCUT2D eigenvalue weighted by atomic mass is 32.2. The van der Waals surface area contributed by atoms with Crippen molar-refractivity contribution >= 4 is 11.8 Å². The summed E-state index contributed by atoms with van der Waals surface area (Å²) in [6, 6.07) is 0. The quantitative estimate of drug-likeness (QED) is 0.581. The topological polar surface area (TPSA) is 15.3 Å². The van der Waals surface area contributed by atoms with Gasteiger partial charge < -0.3 is 10.2 Å². The highest BCUT2D eigenvalue weighted by Gasteiger charge is 2.18. The third-order valence-corrected chi connectivity index (χ3v) is 3.34. The lowest BCUT2D eigenvalue weighted by molar-refractivity contribution is 0.349. The number of hydrogen-bond acceptors (Lipinski definition) is 3. The Bertz CT molecular complexity index is 189. The van der Waals surface area contributed by atoms with E-state index >= 15 is 0 Å². The smallest absolute Gasteiger partial charge is 0.0307 e. The Morgan fingerprint density at radius 1 is 1.55 bits per heavy atom. The van der Waals surface area contributed by atoms with E-state index in [0.29, 0.717) is 0 Å². The number of nitrogens with one attached hydrogen (secondary N) is 1. The summed E-state index contributed by atoms with van der Waals surface area (Å²) in [4.78, 5) is 3.96. The third kappa shape index (κ3) is 1.54. The van der Waals surface area contributed by atoms with E-state index in [0.717, 1.165) is 13.1 Å². The summed E-state index contributed by atoms with van der Waals surface area (Å²) in [6.45, 7) is 3.53. The van der Waals surface area contributed by atoms with Gasteiger partial charge in [0.05, 0.1) is 0 Å². The van der Waals surface area contributed by atoms with Crippen molar-refractivity contribution < 1.29 is 0 Å². The van der Waals surface area contributed by atoms with Gasteiger partial charge in [0.1, 0.15) is 0 Å². The van der Waals surface area contributed by atoms with E-state index in [-0.39, 0.29) is 0 Å². The predicted molar refractivity (Wildman–Crippen MR) is 49.6 cm³/mol. The molecule has 2 heterocycles. The minimum Gasteiger partial charge on any atom is -0.387 e. The van der Waals surface area contributed by atoms with Crippen LogP contribution in [0.2, 0.25) is 0 Å². The SMILES string of the molecule is CN1CCC2=C(C1)SCCN2. The van der Waals surface area contributed by atoms with Gasteiger partial charge in [-0.2, -0.15) is 0 Å². The van der Waals surface area contributed by atoms with Crippen molar-refractivity contribution in [3.63, 3.8) is 0 Å². The molecule has 0 aliphatic carbocycles. The van der Waals surface area contributed by atoms with Crippen molar-refractivity contribution in [3.05, 3.63) is 10.6 Å². The van der Waals surface area contributed by atoms with Crippen LogP contribution in [0.25, 0.3) is 0 Å². The van der Waals surface area contributed by atoms with Gasteiger partial charge in [-0.1, -0.05) is 0 Å². The minimum atomic E-state index is 1.16. The standard InChI is InChI=1S/C8H14N2S/c1-10-4-2-7-8(6-10)11-5-3-9-7/h9H,2-6H2,1H3. The first kappa shape index (κ1) is 7.50. The summed E-state index contributed by atoms with van der Waals surface area (Å²) < 4.78 is 0. The van der Waals surface area contributed by atoms with Gasteiger partial charge in [0.15, 0.2) is 0 Å². The zero-order valence-corrected chi connectivity index (χ0v) is 7.71. The summed E-state index contributed by atoms with van der Waals surface area (Å²) in [5.41, 5.74) is 1.51. The Morgan fingerprint density at radius 3 is 3.36 bits per heavy atom. The molecule has 0 bridgehead atoms. The van der Waals surface area contributed by atoms with E-state index in [4.69, 9.17) is 0 Å². The van der Waals surface area contributed by atoms with E-state index in [1.165, 1.54) is 24.4 Å². The molecule has 3 heteroatoms. The summed E-state index contributed by atoms with van der Waals surface area (Å²) in [6.07, 6.45) is 1.22. The maximum Gasteiger partial charge on any atom is 0.0307 e. The summed E-state index contributed by atoms with van der Waals surface area (Å²) in [5.74, 6) is 1.24. The molecule has 0 saturated carbocycles. The lowest BCUT2D eigenvalue weighted by Gasteiger charge is -2.30. The molecule has 0 aromatic rings. The second-order valence-corrected chi connectivity index (χ2v) is 4.35. The van der Waals surface area contributed by atoms with Crippen molar-refractivity contribution in [1.82, 2.24) is 10.2 Å². The van der Waals surface area contributed by atoms with Crippen molar-refractivity contribution in [3.8, 4) is 0 Å². The van der Waals surface area contributed by atoms with Crippen LogP contribution in [0.3, 0.4) is 0 Å². The van der Waals surface area contributed by atoms with Gasteiger partial charge in [-0.15, -0.1) is 11.8 Å². The number of thioether (sulfide) groups is 1. The second-order valence-electron chi connectivity index (χ2n) is 3.16. The van der Waals surface area contributed by atoms with Gasteiger partial charge in [-0.05, 0) is 7.05 Å². The Hall–Kier alpha value is -0.150. The molecule has 0 amide bonds. The molecular weight excluding hydrogens is 156 g/mol. The van der Waals surface area contributed by atoms with Crippen molar-refractivity contribution in [2.45, 2.75) is 6.42 Å². The zero-order valence-electron chi connectivity index (χ0n) is 6.89. The van der Waals surface area contributed by atoms with E-state index in [1.54, 1.807) is 4.91 Å². The maximum atomic E-state index is 3.47. The van der Waals surface area contributed by atoms with E-state index < -0.39 is 0 Å². The molecule has 0 radical (unpaired) electrons. The Balaban J connectivity index is 2.12. The number of rotatable bonds is 0. The first-order valence-corrected chi connectivity index (χ1v) is 5.12. The third-order valence-electron chi connectivity index (χ3n) is 2.21. The molecule has 2 nitrogen and oxygen atoms in total. The van der Waals surface area contributed by atoms with Crippen molar-refractivity contribution in [2.75, 3.05) is 32.4 Å². The van der Waals surface area contributed by atoms with Crippen LogP contribution in [-0.2, 0) is 0 Å². The molecule has 0 aromatic carbocycles. The average Bonchev–Trinajstić information content (AvgIpc) is 2.04. The first-order valence-electron chi connectivity index (χ1n) is 4.13. The van der Waals surface area contributed by atoms with Gasteiger partial charge in [-0.3, -0.25) is 0 Å². The summed E-state index contributed by atoms with van der Waals surface area (Å²) in [5, 5.41) is 3.47. The summed E-state index contributed by atoms with van der Waals surface area (Å²) >= 11 is 2.03. The predicted octanol–water partition coefficient (Wildman–Crippen LogP) is 0.870. The van der Waals surface area contributed by atoms with Gasteiger partial charge in [0, 0.05) is 42.4 Å². The molecule has 0 fully saturated rings. The van der Waals surface area contributed by atoms with Crippen molar-refractivity contribution in [2.24, 2.45) is 0 Å². The summed E-state index contributed by atoms with van der Waals surface area (Å²) in [7, 11) is 2.19. The molecule has 0 saturated heterocycles. The number of likely N-dealkylation sites (N-methyl/N-ethyl adjacent to an activating group) is 1. The maximum absolute atomic E-state index is 3.47. The van der Waals surface area contributed by atoms with E-state index in [2.05, 4.69) is 17.3 Å². The molecule has 2 rings (SSSR count). The van der Waals surface area contributed by atoms with E-state index in [9.17, 15) is 0 Å². The molecule has 2 aliphatic heterocycles. The van der Waals surface area contributed by atoms with Crippen LogP contribution in [0, 0.1) is 0 Å². The Labute approximate surface area is 72.0 Å². The van der Waals surface area contributed by atoms with Crippen LogP contribution in [0.1, 0.15) is 6.42 Å². The molecule has 0 unspecified atom stereocenters. The van der Waals surface area contributed by atoms with Crippen LogP contribution in [0.5, 0.6) is 0 Å². The molecular formula is C8H14N2S. The lowest BCUT2D eigenvalue weighted by Crippen LogP contribution is -2.34. The average molecular weight is 170 g/mol. The molecule has 1 N–H and O–H groups in total. The minimum absolute atomic E-state index is 1.16. The molecule has 0 atom stereocenters. The Morgan fingerprint density at radius 2 is 2.45 bits per heavy atom. The highest BCUT2D eigenvalue weighted by molar-refractivity contribution is 8.03. The number of nitrogens with zero attached hydrogens (tertiary/aromatic N) is 1. The normalized spacial score (nSPS) is 26.3. The fourth-order valence-corrected chi connectivity index (χ4v) is 2.67. The first-order chi connectivity index (χ1) is 5.36. The molecule has 62 valence electrons. The Kier molecular flexibility index (Phi) is 2.09. The fourth-order valence-electron chi connectivity index (χ4n) is 1.56. The zero-order chi connectivity index (χ0) is 7.68. The van der Waals surface area contributed by atoms with Crippen LogP contribution in [0.15, 0.2) is 10.6 Å². The monoisotopic (exact) mass is 170 g/mol. The van der Waals surface area contributed by atoms with Gasteiger partial charge >= 0.3 is 0 Å². The van der Waals surface area contributed by atoms with Crippen molar-refractivity contribution in [1.29, 1.82) is 0 Å². The molecule has 0 spiro atoms.